The summed E-state index contributed by atoms with van der Waals surface area (Å²) in [6, 6.07) is 9.69. The second kappa shape index (κ2) is 7.70. The first kappa shape index (κ1) is 18.1. The monoisotopic (exact) mass is 447 g/mol. The third kappa shape index (κ3) is 4.11. The number of carbonyl (C=O) groups excluding carboxylic acids is 1. The number of phenolic OH excluding ortho intramolecular Hbond substituents is 2. The second-order valence-corrected chi connectivity index (χ2v) is 8.33. The fourth-order valence-electron chi connectivity index (χ4n) is 2.01. The number of nitrogens with zero attached hydrogens (tertiary/aromatic N) is 2. The predicted molar refractivity (Wildman–Crippen MR) is 105 cm³/mol. The van der Waals surface area contributed by atoms with Crippen molar-refractivity contribution in [2.75, 3.05) is 5.32 Å². The predicted octanol–water partition coefficient (Wildman–Crippen LogP) is 4.59. The zero-order valence-corrected chi connectivity index (χ0v) is 16.2. The van der Waals surface area contributed by atoms with Gasteiger partial charge in [-0.25, -0.2) is 4.98 Å². The van der Waals surface area contributed by atoms with Crippen molar-refractivity contribution in [1.29, 1.82) is 5.26 Å². The summed E-state index contributed by atoms with van der Waals surface area (Å²) in [7, 11) is 0. The van der Waals surface area contributed by atoms with Gasteiger partial charge in [0.2, 0.25) is 0 Å². The molecule has 130 valence electrons. The molecule has 3 aromatic rings. The number of phenols is 2. The van der Waals surface area contributed by atoms with Crippen LogP contribution in [0, 0.1) is 11.3 Å². The first-order valence-electron chi connectivity index (χ1n) is 7.12. The molecule has 0 aliphatic heterocycles. The molecule has 3 N–H and O–H groups in total. The lowest BCUT2D eigenvalue weighted by atomic mass is 10.1. The van der Waals surface area contributed by atoms with Gasteiger partial charge in [-0.2, -0.15) is 5.26 Å². The molecule has 2 heterocycles. The van der Waals surface area contributed by atoms with Gasteiger partial charge in [0.05, 0.1) is 14.4 Å². The molecule has 2 aromatic heterocycles. The van der Waals surface area contributed by atoms with Crippen LogP contribution in [0.15, 0.2) is 45.1 Å². The van der Waals surface area contributed by atoms with E-state index in [1.165, 1.54) is 46.9 Å². The van der Waals surface area contributed by atoms with E-state index in [4.69, 9.17) is 0 Å². The molecule has 1 aromatic carbocycles. The molecule has 0 fully saturated rings. The van der Waals surface area contributed by atoms with Crippen molar-refractivity contribution in [2.45, 2.75) is 0 Å². The summed E-state index contributed by atoms with van der Waals surface area (Å²) in [5.74, 6) is -1.21. The number of carbonyl (C=O) groups is 1. The minimum atomic E-state index is -0.603. The lowest BCUT2D eigenvalue weighted by Gasteiger charge is -2.02. The molecule has 0 aliphatic carbocycles. The Balaban J connectivity index is 1.77. The number of aromatic nitrogens is 1. The first-order valence-corrected chi connectivity index (χ1v) is 9.61. The lowest BCUT2D eigenvalue weighted by molar-refractivity contribution is -0.112. The maximum absolute atomic E-state index is 12.3. The lowest BCUT2D eigenvalue weighted by Crippen LogP contribution is -2.13. The average molecular weight is 448 g/mol. The minimum absolute atomic E-state index is 0.147. The van der Waals surface area contributed by atoms with E-state index in [9.17, 15) is 20.3 Å². The van der Waals surface area contributed by atoms with Crippen LogP contribution in [0.1, 0.15) is 5.56 Å². The number of hydrogen-bond acceptors (Lipinski definition) is 7. The summed E-state index contributed by atoms with van der Waals surface area (Å²) >= 11 is 6.18. The third-order valence-corrected chi connectivity index (χ3v) is 5.63. The highest BCUT2D eigenvalue weighted by molar-refractivity contribution is 9.11. The number of hydrogen-bond donors (Lipinski definition) is 3. The highest BCUT2D eigenvalue weighted by Gasteiger charge is 2.13. The van der Waals surface area contributed by atoms with E-state index in [-0.39, 0.29) is 17.1 Å². The van der Waals surface area contributed by atoms with Crippen LogP contribution >= 0.6 is 38.6 Å². The molecule has 0 aliphatic rings. The Morgan fingerprint density at radius 2 is 2.08 bits per heavy atom. The van der Waals surface area contributed by atoms with Crippen LogP contribution in [0.25, 0.3) is 16.6 Å². The van der Waals surface area contributed by atoms with Gasteiger partial charge in [0.1, 0.15) is 11.6 Å². The number of halogens is 1. The fourth-order valence-corrected chi connectivity index (χ4v) is 4.13. The molecular formula is C17H10BrN3O3S2. The molecule has 0 bridgehead atoms. The van der Waals surface area contributed by atoms with Crippen molar-refractivity contribution >= 4 is 55.7 Å². The van der Waals surface area contributed by atoms with Gasteiger partial charge in [-0.15, -0.1) is 22.7 Å². The fraction of sp³-hybridized carbons (Fsp3) is 0. The van der Waals surface area contributed by atoms with E-state index in [2.05, 4.69) is 26.2 Å². The van der Waals surface area contributed by atoms with Gasteiger partial charge in [0, 0.05) is 5.38 Å². The van der Waals surface area contributed by atoms with Crippen molar-refractivity contribution in [3.63, 3.8) is 0 Å². The summed E-state index contributed by atoms with van der Waals surface area (Å²) in [5.41, 5.74) is 1.01. The van der Waals surface area contributed by atoms with Crippen LogP contribution in [0.2, 0.25) is 0 Å². The Morgan fingerprint density at radius 1 is 1.27 bits per heavy atom. The SMILES string of the molecule is N#C/C(=C\c1ccc(O)c(O)c1)C(=O)Nc1nc(-c2ccc(Br)s2)cs1. The summed E-state index contributed by atoms with van der Waals surface area (Å²) < 4.78 is 0.984. The summed E-state index contributed by atoms with van der Waals surface area (Å²) in [4.78, 5) is 17.6. The van der Waals surface area contributed by atoms with E-state index in [0.29, 0.717) is 10.7 Å². The largest absolute Gasteiger partial charge is 0.504 e. The molecular weight excluding hydrogens is 438 g/mol. The summed E-state index contributed by atoms with van der Waals surface area (Å²) in [5, 5.41) is 32.8. The number of aromatic hydroxyl groups is 2. The van der Waals surface area contributed by atoms with Gasteiger partial charge in [0.15, 0.2) is 16.6 Å². The number of rotatable bonds is 4. The van der Waals surface area contributed by atoms with Gasteiger partial charge >= 0.3 is 0 Å². The smallest absolute Gasteiger partial charge is 0.268 e. The van der Waals surface area contributed by atoms with Crippen LogP contribution < -0.4 is 5.32 Å². The molecule has 0 saturated carbocycles. The highest BCUT2D eigenvalue weighted by Crippen LogP contribution is 2.33. The minimum Gasteiger partial charge on any atom is -0.504 e. The Hall–Kier alpha value is -2.67. The molecule has 26 heavy (non-hydrogen) atoms. The van der Waals surface area contributed by atoms with Crippen molar-refractivity contribution in [3.05, 3.63) is 50.6 Å². The quantitative estimate of drug-likeness (QED) is 0.308. The number of anilines is 1. The Bertz CT molecular complexity index is 1050. The van der Waals surface area contributed by atoms with Gasteiger partial charge in [-0.05, 0) is 51.8 Å². The van der Waals surface area contributed by atoms with E-state index < -0.39 is 5.91 Å². The third-order valence-electron chi connectivity index (χ3n) is 3.23. The Kier molecular flexibility index (Phi) is 5.37. The van der Waals surface area contributed by atoms with E-state index in [1.54, 1.807) is 0 Å². The average Bonchev–Trinajstić information content (AvgIpc) is 3.24. The van der Waals surface area contributed by atoms with Crippen molar-refractivity contribution in [3.8, 4) is 28.1 Å². The van der Waals surface area contributed by atoms with Crippen molar-refractivity contribution < 1.29 is 15.0 Å². The van der Waals surface area contributed by atoms with Gasteiger partial charge in [0.25, 0.3) is 5.91 Å². The molecule has 0 spiro atoms. The highest BCUT2D eigenvalue weighted by atomic mass is 79.9. The Morgan fingerprint density at radius 3 is 2.73 bits per heavy atom. The number of nitriles is 1. The van der Waals surface area contributed by atoms with Crippen LogP contribution in [-0.2, 0) is 4.79 Å². The Labute approximate surface area is 164 Å². The molecule has 0 radical (unpaired) electrons. The number of nitrogens with one attached hydrogen (secondary N) is 1. The molecule has 0 atom stereocenters. The van der Waals surface area contributed by atoms with Crippen LogP contribution in [0.4, 0.5) is 5.13 Å². The molecule has 0 unspecified atom stereocenters. The van der Waals surface area contributed by atoms with Crippen molar-refractivity contribution in [1.82, 2.24) is 4.98 Å². The summed E-state index contributed by atoms with van der Waals surface area (Å²) in [6.07, 6.45) is 1.32. The number of thiophene rings is 1. The van der Waals surface area contributed by atoms with E-state index >= 15 is 0 Å². The number of benzene rings is 1. The second-order valence-electron chi connectivity index (χ2n) is 5.01. The number of amides is 1. The molecule has 0 saturated heterocycles. The summed E-state index contributed by atoms with van der Waals surface area (Å²) in [6.45, 7) is 0. The first-order chi connectivity index (χ1) is 12.5. The normalized spacial score (nSPS) is 11.2. The molecule has 9 heteroatoms. The topological polar surface area (TPSA) is 106 Å². The van der Waals surface area contributed by atoms with Gasteiger partial charge in [-0.1, -0.05) is 6.07 Å². The standard InChI is InChI=1S/C17H10BrN3O3S2/c18-15-4-3-14(26-15)11-8-25-17(20-11)21-16(24)10(7-19)5-9-1-2-12(22)13(23)6-9/h1-6,8,22-23H,(H,20,21,24)/b10-5+. The van der Waals surface area contributed by atoms with Crippen LogP contribution in [-0.4, -0.2) is 21.1 Å². The van der Waals surface area contributed by atoms with Gasteiger partial charge in [-0.3, -0.25) is 10.1 Å². The number of thiazole rings is 1. The molecule has 1 amide bonds. The van der Waals surface area contributed by atoms with E-state index in [0.717, 1.165) is 14.4 Å². The maximum Gasteiger partial charge on any atom is 0.268 e. The molecule has 6 nitrogen and oxygen atoms in total. The van der Waals surface area contributed by atoms with Crippen LogP contribution in [0.3, 0.4) is 0 Å². The van der Waals surface area contributed by atoms with Gasteiger partial charge < -0.3 is 10.2 Å². The zero-order valence-electron chi connectivity index (χ0n) is 12.9. The van der Waals surface area contributed by atoms with Crippen molar-refractivity contribution in [2.24, 2.45) is 0 Å². The van der Waals surface area contributed by atoms with Crippen LogP contribution in [0.5, 0.6) is 11.5 Å². The zero-order chi connectivity index (χ0) is 18.7. The van der Waals surface area contributed by atoms with E-state index in [1.807, 2.05) is 23.6 Å². The maximum atomic E-state index is 12.3. The molecule has 3 rings (SSSR count).